The van der Waals surface area contributed by atoms with E-state index in [0.717, 1.165) is 17.7 Å². The van der Waals surface area contributed by atoms with E-state index in [1.807, 2.05) is 57.1 Å². The maximum atomic E-state index is 12.0. The molecule has 0 atom stereocenters. The second-order valence-corrected chi connectivity index (χ2v) is 5.33. The molecule has 0 aromatic heterocycles. The highest BCUT2D eigenvalue weighted by Gasteiger charge is 2.18. The standard InChI is InChI=1S/C15H23NO2/c1-15(2,18-5)11-10-14(17)12-6-8-13(9-7-12)16(3)4/h6-9H,10-11H2,1-5H3. The Bertz CT molecular complexity index is 393. The number of hydrogen-bond acceptors (Lipinski definition) is 3. The smallest absolute Gasteiger partial charge is 0.162 e. The number of anilines is 1. The van der Waals surface area contributed by atoms with Crippen LogP contribution in [0.4, 0.5) is 5.69 Å². The van der Waals surface area contributed by atoms with Crippen molar-refractivity contribution in [3.63, 3.8) is 0 Å². The molecule has 0 aliphatic heterocycles. The van der Waals surface area contributed by atoms with Crippen molar-refractivity contribution in [1.82, 2.24) is 0 Å². The van der Waals surface area contributed by atoms with Gasteiger partial charge < -0.3 is 9.64 Å². The van der Waals surface area contributed by atoms with Crippen LogP contribution in [0.25, 0.3) is 0 Å². The molecule has 0 saturated carbocycles. The molecule has 0 unspecified atom stereocenters. The molecule has 3 nitrogen and oxygen atoms in total. The molecular weight excluding hydrogens is 226 g/mol. The predicted molar refractivity (Wildman–Crippen MR) is 75.4 cm³/mol. The Labute approximate surface area is 110 Å². The fourth-order valence-electron chi connectivity index (χ4n) is 1.61. The zero-order valence-corrected chi connectivity index (χ0v) is 12.0. The number of Topliss-reactive ketones (excluding diaryl/α,β-unsaturated/α-hetero) is 1. The summed E-state index contributed by atoms with van der Waals surface area (Å²) in [6.45, 7) is 3.99. The van der Waals surface area contributed by atoms with E-state index in [0.29, 0.717) is 6.42 Å². The number of benzene rings is 1. The first-order valence-corrected chi connectivity index (χ1v) is 6.21. The molecule has 1 rings (SSSR count). The quantitative estimate of drug-likeness (QED) is 0.725. The van der Waals surface area contributed by atoms with Gasteiger partial charge in [0.1, 0.15) is 0 Å². The van der Waals surface area contributed by atoms with E-state index in [-0.39, 0.29) is 11.4 Å². The van der Waals surface area contributed by atoms with Crippen LogP contribution in [0, 0.1) is 0 Å². The van der Waals surface area contributed by atoms with Crippen LogP contribution in [0.1, 0.15) is 37.0 Å². The molecule has 0 N–H and O–H groups in total. The van der Waals surface area contributed by atoms with Crippen LogP contribution in [-0.4, -0.2) is 32.6 Å². The van der Waals surface area contributed by atoms with E-state index in [9.17, 15) is 4.79 Å². The zero-order chi connectivity index (χ0) is 13.8. The van der Waals surface area contributed by atoms with Crippen LogP contribution in [0.3, 0.4) is 0 Å². The zero-order valence-electron chi connectivity index (χ0n) is 12.0. The number of ether oxygens (including phenoxy) is 1. The summed E-state index contributed by atoms with van der Waals surface area (Å²) in [5, 5.41) is 0. The van der Waals surface area contributed by atoms with Gasteiger partial charge in [0.15, 0.2) is 5.78 Å². The van der Waals surface area contributed by atoms with E-state index in [1.54, 1.807) is 7.11 Å². The van der Waals surface area contributed by atoms with Crippen molar-refractivity contribution in [2.24, 2.45) is 0 Å². The van der Waals surface area contributed by atoms with Gasteiger partial charge in [0.05, 0.1) is 5.60 Å². The van der Waals surface area contributed by atoms with E-state index in [1.165, 1.54) is 0 Å². The lowest BCUT2D eigenvalue weighted by Gasteiger charge is -2.22. The fourth-order valence-corrected chi connectivity index (χ4v) is 1.61. The van der Waals surface area contributed by atoms with Gasteiger partial charge >= 0.3 is 0 Å². The summed E-state index contributed by atoms with van der Waals surface area (Å²) in [6.07, 6.45) is 1.25. The van der Waals surface area contributed by atoms with Gasteiger partial charge in [-0.1, -0.05) is 0 Å². The summed E-state index contributed by atoms with van der Waals surface area (Å²) in [5.74, 6) is 0.172. The predicted octanol–water partition coefficient (Wildman–Crippen LogP) is 3.14. The Morgan fingerprint density at radius 2 is 1.78 bits per heavy atom. The first-order chi connectivity index (χ1) is 8.35. The van der Waals surface area contributed by atoms with Gasteiger partial charge in [0, 0.05) is 38.9 Å². The monoisotopic (exact) mass is 249 g/mol. The fraction of sp³-hybridized carbons (Fsp3) is 0.533. The SMILES string of the molecule is COC(C)(C)CCC(=O)c1ccc(N(C)C)cc1. The maximum Gasteiger partial charge on any atom is 0.162 e. The van der Waals surface area contributed by atoms with Gasteiger partial charge in [-0.3, -0.25) is 4.79 Å². The highest BCUT2D eigenvalue weighted by molar-refractivity contribution is 5.96. The Morgan fingerprint density at radius 1 is 1.22 bits per heavy atom. The second kappa shape index (κ2) is 6.01. The maximum absolute atomic E-state index is 12.0. The highest BCUT2D eigenvalue weighted by Crippen LogP contribution is 2.19. The second-order valence-electron chi connectivity index (χ2n) is 5.33. The van der Waals surface area contributed by atoms with Crippen molar-refractivity contribution in [1.29, 1.82) is 0 Å². The third kappa shape index (κ3) is 4.15. The van der Waals surface area contributed by atoms with Crippen molar-refractivity contribution < 1.29 is 9.53 Å². The molecule has 0 aliphatic rings. The minimum Gasteiger partial charge on any atom is -0.379 e. The van der Waals surface area contributed by atoms with Crippen molar-refractivity contribution in [3.8, 4) is 0 Å². The number of methoxy groups -OCH3 is 1. The van der Waals surface area contributed by atoms with E-state index in [4.69, 9.17) is 4.74 Å². The van der Waals surface area contributed by atoms with Gasteiger partial charge in [0.25, 0.3) is 0 Å². The number of hydrogen-bond donors (Lipinski definition) is 0. The molecule has 1 aromatic carbocycles. The minimum atomic E-state index is -0.237. The van der Waals surface area contributed by atoms with Gasteiger partial charge in [-0.15, -0.1) is 0 Å². The molecular formula is C15H23NO2. The summed E-state index contributed by atoms with van der Waals surface area (Å²) >= 11 is 0. The topological polar surface area (TPSA) is 29.5 Å². The Balaban J connectivity index is 2.62. The Kier molecular flexibility index (Phi) is 4.91. The molecule has 0 heterocycles. The summed E-state index contributed by atoms with van der Waals surface area (Å²) in [4.78, 5) is 14.0. The van der Waals surface area contributed by atoms with E-state index in [2.05, 4.69) is 0 Å². The lowest BCUT2D eigenvalue weighted by atomic mass is 9.97. The van der Waals surface area contributed by atoms with E-state index >= 15 is 0 Å². The van der Waals surface area contributed by atoms with Crippen LogP contribution in [0.5, 0.6) is 0 Å². The van der Waals surface area contributed by atoms with Crippen LogP contribution < -0.4 is 4.90 Å². The van der Waals surface area contributed by atoms with Gasteiger partial charge in [-0.25, -0.2) is 0 Å². The molecule has 100 valence electrons. The molecule has 0 amide bonds. The number of nitrogens with zero attached hydrogens (tertiary/aromatic N) is 1. The van der Waals surface area contributed by atoms with Crippen LogP contribution in [0.15, 0.2) is 24.3 Å². The lowest BCUT2D eigenvalue weighted by molar-refractivity contribution is 0.0141. The molecule has 0 aliphatic carbocycles. The molecule has 18 heavy (non-hydrogen) atoms. The molecule has 0 saturated heterocycles. The third-order valence-electron chi connectivity index (χ3n) is 3.21. The number of ketones is 1. The third-order valence-corrected chi connectivity index (χ3v) is 3.21. The molecule has 0 spiro atoms. The number of rotatable bonds is 6. The summed E-state index contributed by atoms with van der Waals surface area (Å²) in [6, 6.07) is 7.71. The molecule has 1 aromatic rings. The molecule has 3 heteroatoms. The van der Waals surface area contributed by atoms with Gasteiger partial charge in [-0.05, 0) is 44.5 Å². The van der Waals surface area contributed by atoms with E-state index < -0.39 is 0 Å². The number of carbonyl (C=O) groups is 1. The largest absolute Gasteiger partial charge is 0.379 e. The average Bonchev–Trinajstić information content (AvgIpc) is 2.36. The van der Waals surface area contributed by atoms with Crippen LogP contribution in [-0.2, 0) is 4.74 Å². The van der Waals surface area contributed by atoms with Crippen molar-refractivity contribution in [2.45, 2.75) is 32.3 Å². The first kappa shape index (κ1) is 14.7. The Hall–Kier alpha value is -1.35. The highest BCUT2D eigenvalue weighted by atomic mass is 16.5. The van der Waals surface area contributed by atoms with Crippen molar-refractivity contribution in [2.75, 3.05) is 26.1 Å². The molecule has 0 bridgehead atoms. The lowest BCUT2D eigenvalue weighted by Crippen LogP contribution is -2.23. The van der Waals surface area contributed by atoms with Crippen LogP contribution in [0.2, 0.25) is 0 Å². The summed E-state index contributed by atoms with van der Waals surface area (Å²) in [7, 11) is 5.65. The van der Waals surface area contributed by atoms with Gasteiger partial charge in [0.2, 0.25) is 0 Å². The first-order valence-electron chi connectivity index (χ1n) is 6.21. The summed E-state index contributed by atoms with van der Waals surface area (Å²) in [5.41, 5.74) is 1.63. The Morgan fingerprint density at radius 3 is 2.22 bits per heavy atom. The summed E-state index contributed by atoms with van der Waals surface area (Å²) < 4.78 is 5.32. The minimum absolute atomic E-state index is 0.172. The van der Waals surface area contributed by atoms with Gasteiger partial charge in [-0.2, -0.15) is 0 Å². The average molecular weight is 249 g/mol. The van der Waals surface area contributed by atoms with Crippen molar-refractivity contribution in [3.05, 3.63) is 29.8 Å². The molecule has 0 fully saturated rings. The van der Waals surface area contributed by atoms with Crippen LogP contribution >= 0.6 is 0 Å². The molecule has 0 radical (unpaired) electrons. The number of carbonyl (C=O) groups excluding carboxylic acids is 1. The normalized spacial score (nSPS) is 11.4. The van der Waals surface area contributed by atoms with Crippen molar-refractivity contribution >= 4 is 11.5 Å².